The molecule has 3 heteroatoms. The maximum Gasteiger partial charge on any atom is 0.0406 e. The lowest BCUT2D eigenvalue weighted by Crippen LogP contribution is -2.36. The first kappa shape index (κ1) is 13.9. The molecule has 1 aliphatic heterocycles. The highest BCUT2D eigenvalue weighted by molar-refractivity contribution is 6.30. The van der Waals surface area contributed by atoms with Crippen LogP contribution >= 0.6 is 11.6 Å². The molecule has 0 unspecified atom stereocenters. The van der Waals surface area contributed by atoms with Crippen LogP contribution in [0.5, 0.6) is 0 Å². The van der Waals surface area contributed by atoms with Gasteiger partial charge in [-0.15, -0.1) is 0 Å². The molecule has 0 bridgehead atoms. The van der Waals surface area contributed by atoms with Gasteiger partial charge in [0.2, 0.25) is 0 Å². The van der Waals surface area contributed by atoms with Crippen LogP contribution < -0.4 is 5.32 Å². The summed E-state index contributed by atoms with van der Waals surface area (Å²) >= 11 is 5.86. The number of hydrogen-bond acceptors (Lipinski definition) is 2. The molecule has 100 valence electrons. The minimum absolute atomic E-state index is 0.816. The normalized spacial score (nSPS) is 16.9. The molecule has 0 aromatic heterocycles. The van der Waals surface area contributed by atoms with Crippen LogP contribution in [0.3, 0.4) is 0 Å². The quantitative estimate of drug-likeness (QED) is 0.797. The maximum absolute atomic E-state index is 5.86. The van der Waals surface area contributed by atoms with Gasteiger partial charge in [-0.3, -0.25) is 0 Å². The number of piperidine rings is 1. The Morgan fingerprint density at radius 3 is 2.44 bits per heavy atom. The number of nitrogens with zero attached hydrogens (tertiary/aromatic N) is 1. The van der Waals surface area contributed by atoms with E-state index in [1.807, 2.05) is 12.1 Å². The van der Waals surface area contributed by atoms with Gasteiger partial charge >= 0.3 is 0 Å². The molecular weight excluding hydrogens is 244 g/mol. The summed E-state index contributed by atoms with van der Waals surface area (Å²) in [5.74, 6) is 0. The molecule has 1 saturated heterocycles. The molecule has 2 nitrogen and oxygen atoms in total. The number of hydrogen-bond donors (Lipinski definition) is 1. The van der Waals surface area contributed by atoms with Crippen LogP contribution in [0.15, 0.2) is 24.3 Å². The zero-order chi connectivity index (χ0) is 12.6. The van der Waals surface area contributed by atoms with E-state index in [4.69, 9.17) is 11.6 Å². The summed E-state index contributed by atoms with van der Waals surface area (Å²) in [5.41, 5.74) is 1.35. The molecule has 1 aliphatic rings. The Hall–Kier alpha value is -0.570. The first-order valence-corrected chi connectivity index (χ1v) is 7.40. The van der Waals surface area contributed by atoms with Crippen molar-refractivity contribution in [2.24, 2.45) is 0 Å². The van der Waals surface area contributed by atoms with Crippen LogP contribution in [0.25, 0.3) is 0 Å². The summed E-state index contributed by atoms with van der Waals surface area (Å²) in [6, 6.07) is 8.14. The second-order valence-electron chi connectivity index (χ2n) is 5.03. The minimum Gasteiger partial charge on any atom is -0.315 e. The third-order valence-corrected chi connectivity index (χ3v) is 3.81. The Labute approximate surface area is 115 Å². The minimum atomic E-state index is 0.816. The van der Waals surface area contributed by atoms with Crippen molar-refractivity contribution in [3.63, 3.8) is 0 Å². The van der Waals surface area contributed by atoms with Gasteiger partial charge in [-0.1, -0.05) is 30.2 Å². The van der Waals surface area contributed by atoms with Gasteiger partial charge in [0.05, 0.1) is 0 Å². The smallest absolute Gasteiger partial charge is 0.0406 e. The van der Waals surface area contributed by atoms with E-state index in [2.05, 4.69) is 22.3 Å². The Balaban J connectivity index is 1.54. The van der Waals surface area contributed by atoms with Crippen molar-refractivity contribution in [1.82, 2.24) is 10.2 Å². The van der Waals surface area contributed by atoms with Gasteiger partial charge in [-0.25, -0.2) is 0 Å². The molecule has 18 heavy (non-hydrogen) atoms. The second kappa shape index (κ2) is 7.78. The predicted molar refractivity (Wildman–Crippen MR) is 78.3 cm³/mol. The van der Waals surface area contributed by atoms with Crippen LogP contribution in [0.1, 0.15) is 24.8 Å². The first-order chi connectivity index (χ1) is 8.84. The van der Waals surface area contributed by atoms with Gasteiger partial charge in [0.15, 0.2) is 0 Å². The van der Waals surface area contributed by atoms with Crippen LogP contribution in [0.2, 0.25) is 5.02 Å². The average Bonchev–Trinajstić information content (AvgIpc) is 2.42. The Morgan fingerprint density at radius 1 is 1.00 bits per heavy atom. The van der Waals surface area contributed by atoms with Crippen molar-refractivity contribution < 1.29 is 0 Å². The number of halogens is 1. The van der Waals surface area contributed by atoms with Crippen molar-refractivity contribution in [3.05, 3.63) is 34.9 Å². The van der Waals surface area contributed by atoms with E-state index in [-0.39, 0.29) is 0 Å². The van der Waals surface area contributed by atoms with Gasteiger partial charge in [-0.2, -0.15) is 0 Å². The number of likely N-dealkylation sites (tertiary alicyclic amines) is 1. The van der Waals surface area contributed by atoms with Crippen LogP contribution in [0, 0.1) is 0 Å². The summed E-state index contributed by atoms with van der Waals surface area (Å²) in [7, 11) is 0. The first-order valence-electron chi connectivity index (χ1n) is 7.02. The van der Waals surface area contributed by atoms with Gasteiger partial charge in [0.1, 0.15) is 0 Å². The summed E-state index contributed by atoms with van der Waals surface area (Å²) < 4.78 is 0. The summed E-state index contributed by atoms with van der Waals surface area (Å²) in [6.07, 6.45) is 5.26. The van der Waals surface area contributed by atoms with E-state index in [0.717, 1.165) is 24.5 Å². The Kier molecular flexibility index (Phi) is 5.98. The van der Waals surface area contributed by atoms with E-state index in [1.54, 1.807) is 0 Å². The molecule has 0 atom stereocenters. The van der Waals surface area contributed by atoms with E-state index >= 15 is 0 Å². The summed E-state index contributed by atoms with van der Waals surface area (Å²) in [6.45, 7) is 5.93. The molecule has 1 heterocycles. The molecule has 1 N–H and O–H groups in total. The molecule has 1 aromatic rings. The van der Waals surface area contributed by atoms with Crippen molar-refractivity contribution in [3.8, 4) is 0 Å². The third kappa shape index (κ3) is 4.97. The van der Waals surface area contributed by atoms with Crippen LogP contribution in [0.4, 0.5) is 0 Å². The highest BCUT2D eigenvalue weighted by atomic mass is 35.5. The highest BCUT2D eigenvalue weighted by Gasteiger charge is 2.08. The maximum atomic E-state index is 5.86. The van der Waals surface area contributed by atoms with Crippen molar-refractivity contribution in [2.75, 3.05) is 32.7 Å². The molecule has 0 saturated carbocycles. The van der Waals surface area contributed by atoms with Gasteiger partial charge in [-0.05, 0) is 56.6 Å². The fraction of sp³-hybridized carbons (Fsp3) is 0.600. The lowest BCUT2D eigenvalue weighted by molar-refractivity contribution is 0.229. The van der Waals surface area contributed by atoms with Crippen molar-refractivity contribution in [2.45, 2.75) is 25.7 Å². The topological polar surface area (TPSA) is 15.3 Å². The van der Waals surface area contributed by atoms with Crippen molar-refractivity contribution >= 4 is 11.6 Å². The summed E-state index contributed by atoms with van der Waals surface area (Å²) in [4.78, 5) is 2.57. The number of benzene rings is 1. The fourth-order valence-electron chi connectivity index (χ4n) is 2.43. The predicted octanol–water partition coefficient (Wildman–Crippen LogP) is 2.96. The lowest BCUT2D eigenvalue weighted by Gasteiger charge is -2.26. The molecule has 2 rings (SSSR count). The zero-order valence-electron chi connectivity index (χ0n) is 11.0. The largest absolute Gasteiger partial charge is 0.315 e. The monoisotopic (exact) mass is 266 g/mol. The Morgan fingerprint density at radius 2 is 1.72 bits per heavy atom. The third-order valence-electron chi connectivity index (χ3n) is 3.56. The van der Waals surface area contributed by atoms with Gasteiger partial charge < -0.3 is 10.2 Å². The lowest BCUT2D eigenvalue weighted by atomic mass is 10.1. The van der Waals surface area contributed by atoms with Gasteiger partial charge in [0.25, 0.3) is 0 Å². The van der Waals surface area contributed by atoms with Crippen molar-refractivity contribution in [1.29, 1.82) is 0 Å². The van der Waals surface area contributed by atoms with E-state index in [1.165, 1.54) is 44.5 Å². The molecule has 0 radical (unpaired) electrons. The molecule has 1 fully saturated rings. The number of nitrogens with one attached hydrogen (secondary N) is 1. The molecule has 0 amide bonds. The zero-order valence-corrected chi connectivity index (χ0v) is 11.8. The SMILES string of the molecule is Clc1ccc(CCNCCN2CCCCC2)cc1. The van der Waals surface area contributed by atoms with Crippen LogP contribution in [-0.4, -0.2) is 37.6 Å². The standard InChI is InChI=1S/C15H23ClN2/c16-15-6-4-14(5-7-15)8-9-17-10-13-18-11-2-1-3-12-18/h4-7,17H,1-3,8-13H2. The highest BCUT2D eigenvalue weighted by Crippen LogP contribution is 2.09. The summed E-state index contributed by atoms with van der Waals surface area (Å²) in [5, 5.41) is 4.34. The Bertz CT molecular complexity index is 331. The molecule has 0 spiro atoms. The fourth-order valence-corrected chi connectivity index (χ4v) is 2.55. The van der Waals surface area contributed by atoms with E-state index < -0.39 is 0 Å². The van der Waals surface area contributed by atoms with Gasteiger partial charge in [0, 0.05) is 18.1 Å². The molecule has 1 aromatic carbocycles. The number of rotatable bonds is 6. The second-order valence-corrected chi connectivity index (χ2v) is 5.47. The average molecular weight is 267 g/mol. The molecule has 0 aliphatic carbocycles. The van der Waals surface area contributed by atoms with E-state index in [9.17, 15) is 0 Å². The molecular formula is C15H23ClN2. The van der Waals surface area contributed by atoms with E-state index in [0.29, 0.717) is 0 Å². The van der Waals surface area contributed by atoms with Crippen LogP contribution in [-0.2, 0) is 6.42 Å².